The van der Waals surface area contributed by atoms with Crippen molar-refractivity contribution >= 4 is 17.3 Å². The molecule has 0 aliphatic heterocycles. The maximum atomic E-state index is 9.21. The molecule has 17 heavy (non-hydrogen) atoms. The Morgan fingerprint density at radius 3 is 3.06 bits per heavy atom. The number of aliphatic hydroxyl groups excluding tert-OH is 1. The molecule has 0 radical (unpaired) electrons. The fourth-order valence-electron chi connectivity index (χ4n) is 1.70. The molecule has 0 aliphatic rings. The lowest BCUT2D eigenvalue weighted by atomic mass is 10.2. The average molecular weight is 246 g/mol. The van der Waals surface area contributed by atoms with E-state index in [-0.39, 0.29) is 11.9 Å². The molecule has 2 rings (SSSR count). The van der Waals surface area contributed by atoms with Crippen LogP contribution in [-0.4, -0.2) is 21.4 Å². The highest BCUT2D eigenvalue weighted by atomic mass is 32.2. The molecule has 2 heterocycles. The van der Waals surface area contributed by atoms with Gasteiger partial charge in [-0.2, -0.15) is 17.0 Å². The third kappa shape index (κ3) is 2.46. The van der Waals surface area contributed by atoms with Crippen molar-refractivity contribution in [1.82, 2.24) is 4.40 Å². The second-order valence-electron chi connectivity index (χ2n) is 3.94. The number of thioether (sulfide) groups is 1. The topological polar surface area (TPSA) is 48.4 Å². The van der Waals surface area contributed by atoms with E-state index in [4.69, 9.17) is 5.11 Å². The maximum Gasteiger partial charge on any atom is 0.102 e. The molecule has 0 fully saturated rings. The summed E-state index contributed by atoms with van der Waals surface area (Å²) in [6.07, 6.45) is 3.94. The summed E-state index contributed by atoms with van der Waals surface area (Å²) in [6, 6.07) is 8.09. The van der Waals surface area contributed by atoms with Gasteiger partial charge in [-0.3, -0.25) is 0 Å². The van der Waals surface area contributed by atoms with Crippen molar-refractivity contribution in [1.29, 1.82) is 5.26 Å². The summed E-state index contributed by atoms with van der Waals surface area (Å²) >= 11 is 1.66. The highest BCUT2D eigenvalue weighted by Crippen LogP contribution is 2.24. The van der Waals surface area contributed by atoms with Crippen LogP contribution in [0.25, 0.3) is 5.52 Å². The third-order valence-corrected chi connectivity index (χ3v) is 3.85. The fourth-order valence-corrected chi connectivity index (χ4v) is 2.49. The van der Waals surface area contributed by atoms with Gasteiger partial charge in [-0.15, -0.1) is 0 Å². The zero-order chi connectivity index (χ0) is 12.3. The molecule has 0 aliphatic carbocycles. The molecular formula is C13H14N2OS. The molecule has 2 aromatic rings. The predicted octanol–water partition coefficient (Wildman–Crippen LogP) is 2.42. The average Bonchev–Trinajstić information content (AvgIpc) is 2.73. The van der Waals surface area contributed by atoms with Crippen molar-refractivity contribution in [2.75, 3.05) is 6.61 Å². The second kappa shape index (κ2) is 5.26. The molecule has 3 nitrogen and oxygen atoms in total. The lowest BCUT2D eigenvalue weighted by Crippen LogP contribution is -2.02. The van der Waals surface area contributed by atoms with Crippen LogP contribution in [0.5, 0.6) is 0 Å². The minimum absolute atomic E-state index is 0.167. The number of aromatic nitrogens is 1. The summed E-state index contributed by atoms with van der Waals surface area (Å²) in [7, 11) is 0. The van der Waals surface area contributed by atoms with Crippen LogP contribution in [0.15, 0.2) is 30.6 Å². The van der Waals surface area contributed by atoms with E-state index in [1.165, 1.54) is 0 Å². The van der Waals surface area contributed by atoms with Gasteiger partial charge in [0.1, 0.15) is 6.07 Å². The Hall–Kier alpha value is -1.44. The van der Waals surface area contributed by atoms with E-state index in [1.807, 2.05) is 41.9 Å². The summed E-state index contributed by atoms with van der Waals surface area (Å²) in [4.78, 5) is 0. The lowest BCUT2D eigenvalue weighted by Gasteiger charge is -2.05. The van der Waals surface area contributed by atoms with Crippen molar-refractivity contribution in [3.63, 3.8) is 0 Å². The van der Waals surface area contributed by atoms with Gasteiger partial charge < -0.3 is 9.51 Å². The number of pyridine rings is 1. The first-order valence-corrected chi connectivity index (χ1v) is 6.52. The van der Waals surface area contributed by atoms with E-state index in [9.17, 15) is 5.26 Å². The quantitative estimate of drug-likeness (QED) is 0.901. The number of nitriles is 1. The zero-order valence-corrected chi connectivity index (χ0v) is 10.4. The van der Waals surface area contributed by atoms with E-state index in [0.29, 0.717) is 0 Å². The minimum Gasteiger partial charge on any atom is -0.395 e. The first-order chi connectivity index (χ1) is 8.26. The van der Waals surface area contributed by atoms with Gasteiger partial charge in [0.15, 0.2) is 0 Å². The number of rotatable bonds is 4. The van der Waals surface area contributed by atoms with E-state index in [2.05, 4.69) is 6.07 Å². The Morgan fingerprint density at radius 1 is 1.53 bits per heavy atom. The summed E-state index contributed by atoms with van der Waals surface area (Å²) in [6.45, 7) is 2.15. The SMILES string of the molecule is CC(CO)SCc1cn2ccccc2c1C#N. The van der Waals surface area contributed by atoms with Crippen molar-refractivity contribution < 1.29 is 5.11 Å². The van der Waals surface area contributed by atoms with Crippen molar-refractivity contribution in [3.8, 4) is 6.07 Å². The number of hydrogen-bond donors (Lipinski definition) is 1. The molecule has 1 N–H and O–H groups in total. The van der Waals surface area contributed by atoms with Crippen LogP contribution in [0.4, 0.5) is 0 Å². The van der Waals surface area contributed by atoms with Gasteiger partial charge in [0, 0.05) is 23.4 Å². The Morgan fingerprint density at radius 2 is 2.35 bits per heavy atom. The smallest absolute Gasteiger partial charge is 0.102 e. The molecular weight excluding hydrogens is 232 g/mol. The van der Waals surface area contributed by atoms with E-state index in [1.54, 1.807) is 11.8 Å². The molecule has 0 spiro atoms. The molecule has 0 amide bonds. The van der Waals surface area contributed by atoms with Crippen LogP contribution < -0.4 is 0 Å². The third-order valence-electron chi connectivity index (χ3n) is 2.65. The van der Waals surface area contributed by atoms with Crippen LogP contribution in [-0.2, 0) is 5.75 Å². The molecule has 1 unspecified atom stereocenters. The summed E-state index contributed by atoms with van der Waals surface area (Å²) in [5, 5.41) is 18.4. The Balaban J connectivity index is 2.31. The number of hydrogen-bond acceptors (Lipinski definition) is 3. The van der Waals surface area contributed by atoms with Crippen LogP contribution >= 0.6 is 11.8 Å². The molecule has 0 saturated heterocycles. The van der Waals surface area contributed by atoms with Crippen molar-refractivity contribution in [2.45, 2.75) is 17.9 Å². The van der Waals surface area contributed by atoms with Crippen molar-refractivity contribution in [3.05, 3.63) is 41.7 Å². The second-order valence-corrected chi connectivity index (χ2v) is 5.37. The normalized spacial score (nSPS) is 12.5. The maximum absolute atomic E-state index is 9.21. The summed E-state index contributed by atoms with van der Waals surface area (Å²) < 4.78 is 1.97. The summed E-state index contributed by atoms with van der Waals surface area (Å²) in [5.74, 6) is 0.756. The van der Waals surface area contributed by atoms with E-state index >= 15 is 0 Å². The number of nitrogens with zero attached hydrogens (tertiary/aromatic N) is 2. The fraction of sp³-hybridized carbons (Fsp3) is 0.308. The molecule has 2 aromatic heterocycles. The van der Waals surface area contributed by atoms with E-state index < -0.39 is 0 Å². The Labute approximate surface area is 105 Å². The van der Waals surface area contributed by atoms with Gasteiger partial charge in [0.2, 0.25) is 0 Å². The Kier molecular flexibility index (Phi) is 3.72. The monoisotopic (exact) mass is 246 g/mol. The van der Waals surface area contributed by atoms with Gasteiger partial charge in [-0.25, -0.2) is 0 Å². The highest BCUT2D eigenvalue weighted by Gasteiger charge is 2.11. The highest BCUT2D eigenvalue weighted by molar-refractivity contribution is 7.99. The minimum atomic E-state index is 0.167. The van der Waals surface area contributed by atoms with Gasteiger partial charge in [-0.1, -0.05) is 13.0 Å². The van der Waals surface area contributed by atoms with Crippen LogP contribution in [0.3, 0.4) is 0 Å². The van der Waals surface area contributed by atoms with Gasteiger partial charge in [-0.05, 0) is 17.7 Å². The summed E-state index contributed by atoms with van der Waals surface area (Å²) in [5.41, 5.74) is 2.72. The van der Waals surface area contributed by atoms with Gasteiger partial charge in [0.05, 0.1) is 17.7 Å². The largest absolute Gasteiger partial charge is 0.395 e. The number of fused-ring (bicyclic) bond motifs is 1. The first-order valence-electron chi connectivity index (χ1n) is 5.47. The van der Waals surface area contributed by atoms with Crippen LogP contribution in [0.2, 0.25) is 0 Å². The Bertz CT molecular complexity index is 556. The van der Waals surface area contributed by atoms with Crippen molar-refractivity contribution in [2.24, 2.45) is 0 Å². The molecule has 0 aromatic carbocycles. The van der Waals surface area contributed by atoms with Crippen LogP contribution in [0.1, 0.15) is 18.1 Å². The van der Waals surface area contributed by atoms with Gasteiger partial charge in [0.25, 0.3) is 0 Å². The van der Waals surface area contributed by atoms with Gasteiger partial charge >= 0.3 is 0 Å². The zero-order valence-electron chi connectivity index (χ0n) is 9.63. The molecule has 0 bridgehead atoms. The standard InChI is InChI=1S/C13H14N2OS/c1-10(8-16)17-9-11-7-15-5-3-2-4-13(15)12(11)6-14/h2-5,7,10,16H,8-9H2,1H3. The molecule has 4 heteroatoms. The molecule has 0 saturated carbocycles. The molecule has 88 valence electrons. The lowest BCUT2D eigenvalue weighted by molar-refractivity contribution is 0.300. The first kappa shape index (κ1) is 12.0. The predicted molar refractivity (Wildman–Crippen MR) is 70.0 cm³/mol. The van der Waals surface area contributed by atoms with Crippen LogP contribution in [0, 0.1) is 11.3 Å². The molecule has 1 atom stereocenters. The van der Waals surface area contributed by atoms with E-state index in [0.717, 1.165) is 22.4 Å². The number of aliphatic hydroxyl groups is 1.